The molecule has 0 saturated carbocycles. The molecule has 0 N–H and O–H groups in total. The molecule has 1 amide bonds. The van der Waals surface area contributed by atoms with E-state index >= 15 is 0 Å². The molecule has 0 radical (unpaired) electrons. The number of esters is 1. The largest absolute Gasteiger partial charge is 0.458 e. The van der Waals surface area contributed by atoms with Crippen molar-refractivity contribution in [3.8, 4) is 0 Å². The molecule has 2 rings (SSSR count). The minimum atomic E-state index is -0.775. The fraction of sp³-hybridized carbons (Fsp3) is 0.562. The summed E-state index contributed by atoms with van der Waals surface area (Å²) in [5.74, 6) is -0.476. The summed E-state index contributed by atoms with van der Waals surface area (Å²) in [6.07, 6.45) is 1.28. The Balaban J connectivity index is 2.33. The number of hydrogen-bond acceptors (Lipinski definition) is 5. The van der Waals surface area contributed by atoms with Crippen LogP contribution in [0.25, 0.3) is 0 Å². The van der Waals surface area contributed by atoms with E-state index in [-0.39, 0.29) is 19.6 Å². The van der Waals surface area contributed by atoms with E-state index in [2.05, 4.69) is 4.98 Å². The molecule has 0 aromatic carbocycles. The number of amides is 1. The first-order chi connectivity index (χ1) is 10.7. The van der Waals surface area contributed by atoms with Crippen LogP contribution < -0.4 is 0 Å². The van der Waals surface area contributed by atoms with Gasteiger partial charge in [-0.2, -0.15) is 0 Å². The van der Waals surface area contributed by atoms with Gasteiger partial charge in [-0.15, -0.1) is 0 Å². The molecule has 7 heteroatoms. The lowest BCUT2D eigenvalue weighted by atomic mass is 9.97. The average Bonchev–Trinajstić information content (AvgIpc) is 2.45. The minimum Gasteiger partial charge on any atom is -0.458 e. The maximum absolute atomic E-state index is 12.5. The Bertz CT molecular complexity index is 613. The summed E-state index contributed by atoms with van der Waals surface area (Å²) in [7, 11) is 0. The molecule has 0 spiro atoms. The van der Waals surface area contributed by atoms with Crippen LogP contribution in [0.5, 0.6) is 0 Å². The number of aromatic nitrogens is 1. The van der Waals surface area contributed by atoms with E-state index in [9.17, 15) is 9.59 Å². The van der Waals surface area contributed by atoms with Crippen LogP contribution in [0.2, 0.25) is 5.02 Å². The molecule has 0 aliphatic carbocycles. The van der Waals surface area contributed by atoms with E-state index in [0.717, 1.165) is 5.56 Å². The molecule has 2 heterocycles. The highest BCUT2D eigenvalue weighted by molar-refractivity contribution is 6.31. The van der Waals surface area contributed by atoms with Crippen LogP contribution in [0.3, 0.4) is 0 Å². The number of halogens is 1. The smallest absolute Gasteiger partial charge is 0.410 e. The molecule has 0 bridgehead atoms. The number of hydrogen-bond donors (Lipinski definition) is 0. The zero-order valence-electron chi connectivity index (χ0n) is 13.8. The van der Waals surface area contributed by atoms with Gasteiger partial charge in [0.1, 0.15) is 11.6 Å². The predicted molar refractivity (Wildman–Crippen MR) is 85.1 cm³/mol. The summed E-state index contributed by atoms with van der Waals surface area (Å²) < 4.78 is 10.5. The van der Waals surface area contributed by atoms with Crippen molar-refractivity contribution in [2.45, 2.75) is 52.3 Å². The SMILES string of the molecule is CCOC(=O)N1Cc2nccc(Cl)c2CC1C(=O)OC(C)(C)C. The molecule has 0 fully saturated rings. The van der Waals surface area contributed by atoms with Crippen molar-refractivity contribution >= 4 is 23.7 Å². The van der Waals surface area contributed by atoms with Crippen LogP contribution in [-0.2, 0) is 27.2 Å². The molecular weight excluding hydrogens is 320 g/mol. The third-order valence-electron chi connectivity index (χ3n) is 3.36. The van der Waals surface area contributed by atoms with E-state index in [1.807, 2.05) is 0 Å². The van der Waals surface area contributed by atoms with Gasteiger partial charge < -0.3 is 9.47 Å². The average molecular weight is 341 g/mol. The predicted octanol–water partition coefficient (Wildman–Crippen LogP) is 2.96. The van der Waals surface area contributed by atoms with Crippen LogP contribution in [0.15, 0.2) is 12.3 Å². The van der Waals surface area contributed by atoms with Gasteiger partial charge in [0.2, 0.25) is 0 Å². The van der Waals surface area contributed by atoms with Gasteiger partial charge >= 0.3 is 12.1 Å². The van der Waals surface area contributed by atoms with Crippen LogP contribution in [0.1, 0.15) is 39.0 Å². The van der Waals surface area contributed by atoms with Crippen molar-refractivity contribution in [1.29, 1.82) is 0 Å². The summed E-state index contributed by atoms with van der Waals surface area (Å²) >= 11 is 6.21. The highest BCUT2D eigenvalue weighted by Crippen LogP contribution is 2.29. The summed E-state index contributed by atoms with van der Waals surface area (Å²) in [6, 6.07) is 0.898. The molecule has 126 valence electrons. The minimum absolute atomic E-state index is 0.165. The van der Waals surface area contributed by atoms with E-state index in [4.69, 9.17) is 21.1 Å². The Morgan fingerprint density at radius 1 is 1.43 bits per heavy atom. The number of carbonyl (C=O) groups excluding carboxylic acids is 2. The van der Waals surface area contributed by atoms with Gasteiger partial charge in [-0.1, -0.05) is 11.6 Å². The van der Waals surface area contributed by atoms with Crippen molar-refractivity contribution in [2.75, 3.05) is 6.61 Å². The molecule has 0 saturated heterocycles. The van der Waals surface area contributed by atoms with E-state index in [0.29, 0.717) is 10.7 Å². The Labute approximate surface area is 140 Å². The molecule has 1 unspecified atom stereocenters. The quantitative estimate of drug-likeness (QED) is 0.774. The fourth-order valence-corrected chi connectivity index (χ4v) is 2.66. The molecule has 1 aliphatic heterocycles. The molecule has 6 nitrogen and oxygen atoms in total. The summed E-state index contributed by atoms with van der Waals surface area (Å²) in [5, 5.41) is 0.534. The lowest BCUT2D eigenvalue weighted by Crippen LogP contribution is -2.51. The van der Waals surface area contributed by atoms with Crippen LogP contribution in [-0.4, -0.2) is 40.2 Å². The number of fused-ring (bicyclic) bond motifs is 1. The molecular formula is C16H21ClN2O4. The number of rotatable bonds is 2. The lowest BCUT2D eigenvalue weighted by molar-refractivity contribution is -0.161. The van der Waals surface area contributed by atoms with Gasteiger partial charge in [-0.25, -0.2) is 9.59 Å². The topological polar surface area (TPSA) is 68.7 Å². The van der Waals surface area contributed by atoms with Gasteiger partial charge in [0.05, 0.1) is 18.8 Å². The van der Waals surface area contributed by atoms with Gasteiger partial charge in [-0.3, -0.25) is 9.88 Å². The van der Waals surface area contributed by atoms with Crippen molar-refractivity contribution < 1.29 is 19.1 Å². The Morgan fingerprint density at radius 3 is 2.74 bits per heavy atom. The summed E-state index contributed by atoms with van der Waals surface area (Å²) in [6.45, 7) is 7.46. The van der Waals surface area contributed by atoms with E-state index in [1.165, 1.54) is 4.90 Å². The number of nitrogens with zero attached hydrogens (tertiary/aromatic N) is 2. The van der Waals surface area contributed by atoms with Gasteiger partial charge in [0, 0.05) is 17.6 Å². The van der Waals surface area contributed by atoms with Crippen molar-refractivity contribution in [3.63, 3.8) is 0 Å². The second-order valence-corrected chi connectivity index (χ2v) is 6.71. The molecule has 23 heavy (non-hydrogen) atoms. The summed E-state index contributed by atoms with van der Waals surface area (Å²) in [4.78, 5) is 30.3. The van der Waals surface area contributed by atoms with Crippen LogP contribution in [0.4, 0.5) is 4.79 Å². The monoisotopic (exact) mass is 340 g/mol. The maximum atomic E-state index is 12.5. The van der Waals surface area contributed by atoms with Crippen molar-refractivity contribution in [2.24, 2.45) is 0 Å². The standard InChI is InChI=1S/C16H21ClN2O4/c1-5-22-15(21)19-9-12-10(11(17)6-7-18-12)8-13(19)14(20)23-16(2,3)4/h6-7,13H,5,8-9H2,1-4H3. The Kier molecular flexibility index (Phi) is 5.14. The molecule has 1 aliphatic rings. The molecule has 1 aromatic heterocycles. The van der Waals surface area contributed by atoms with Crippen LogP contribution >= 0.6 is 11.6 Å². The van der Waals surface area contributed by atoms with Gasteiger partial charge in [0.25, 0.3) is 0 Å². The van der Waals surface area contributed by atoms with Crippen molar-refractivity contribution in [1.82, 2.24) is 9.88 Å². The second kappa shape index (κ2) is 6.74. The third-order valence-corrected chi connectivity index (χ3v) is 3.72. The first-order valence-electron chi connectivity index (χ1n) is 7.51. The number of ether oxygens (including phenoxy) is 2. The Hall–Kier alpha value is -1.82. The summed E-state index contributed by atoms with van der Waals surface area (Å²) in [5.41, 5.74) is 0.798. The Morgan fingerprint density at radius 2 is 2.13 bits per heavy atom. The van der Waals surface area contributed by atoms with Crippen LogP contribution in [0, 0.1) is 0 Å². The van der Waals surface area contributed by atoms with Crippen molar-refractivity contribution in [3.05, 3.63) is 28.5 Å². The number of pyridine rings is 1. The normalized spacial score (nSPS) is 17.4. The van der Waals surface area contributed by atoms with Gasteiger partial charge in [0.15, 0.2) is 0 Å². The van der Waals surface area contributed by atoms with Gasteiger partial charge in [-0.05, 0) is 39.3 Å². The van der Waals surface area contributed by atoms with E-state index < -0.39 is 23.7 Å². The first kappa shape index (κ1) is 17.5. The highest BCUT2D eigenvalue weighted by Gasteiger charge is 2.39. The fourth-order valence-electron chi connectivity index (χ4n) is 2.41. The highest BCUT2D eigenvalue weighted by atomic mass is 35.5. The van der Waals surface area contributed by atoms with E-state index in [1.54, 1.807) is 40.0 Å². The zero-order chi connectivity index (χ0) is 17.2. The second-order valence-electron chi connectivity index (χ2n) is 6.30. The zero-order valence-corrected chi connectivity index (χ0v) is 14.5. The first-order valence-corrected chi connectivity index (χ1v) is 7.89. The molecule has 1 atom stereocenters. The third kappa shape index (κ3) is 4.13. The lowest BCUT2D eigenvalue weighted by Gasteiger charge is -2.35. The molecule has 1 aromatic rings. The number of carbonyl (C=O) groups is 2. The maximum Gasteiger partial charge on any atom is 0.410 e.